The van der Waals surface area contributed by atoms with Crippen molar-refractivity contribution in [1.82, 2.24) is 9.78 Å². The molecule has 96 valence electrons. The van der Waals surface area contributed by atoms with Crippen LogP contribution in [0.5, 0.6) is 0 Å². The van der Waals surface area contributed by atoms with Crippen molar-refractivity contribution in [3.05, 3.63) is 51.8 Å². The van der Waals surface area contributed by atoms with Crippen molar-refractivity contribution in [2.24, 2.45) is 0 Å². The largest absolute Gasteiger partial charge is 0.386 e. The summed E-state index contributed by atoms with van der Waals surface area (Å²) < 4.78 is 1.72. The highest BCUT2D eigenvalue weighted by molar-refractivity contribution is 6.31. The number of halogens is 1. The van der Waals surface area contributed by atoms with E-state index < -0.39 is 6.10 Å². The lowest BCUT2D eigenvalue weighted by atomic mass is 10.0. The van der Waals surface area contributed by atoms with Crippen LogP contribution in [0.2, 0.25) is 5.02 Å². The number of nitrogens with zero attached hydrogens (tertiary/aromatic N) is 2. The van der Waals surface area contributed by atoms with Crippen molar-refractivity contribution < 1.29 is 5.11 Å². The predicted octanol–water partition coefficient (Wildman–Crippen LogP) is 3.20. The smallest absolute Gasteiger partial charge is 0.0986 e. The van der Waals surface area contributed by atoms with Gasteiger partial charge in [-0.15, -0.1) is 0 Å². The minimum atomic E-state index is -0.570. The van der Waals surface area contributed by atoms with Crippen molar-refractivity contribution in [2.75, 3.05) is 0 Å². The van der Waals surface area contributed by atoms with Crippen LogP contribution < -0.4 is 0 Å². The lowest BCUT2D eigenvalue weighted by Gasteiger charge is -2.14. The van der Waals surface area contributed by atoms with E-state index in [0.29, 0.717) is 11.6 Å². The van der Waals surface area contributed by atoms with E-state index in [4.69, 9.17) is 11.6 Å². The number of aliphatic hydroxyl groups is 1. The number of aryl methyl sites for hydroxylation is 2. The van der Waals surface area contributed by atoms with Gasteiger partial charge in [0.1, 0.15) is 0 Å². The van der Waals surface area contributed by atoms with Crippen LogP contribution in [0.3, 0.4) is 0 Å². The lowest BCUT2D eigenvalue weighted by Crippen LogP contribution is -2.11. The first-order valence-electron chi connectivity index (χ1n) is 5.92. The molecular weight excluding hydrogens is 248 g/mol. The Labute approximate surface area is 112 Å². The molecule has 0 fully saturated rings. The predicted molar refractivity (Wildman–Crippen MR) is 72.8 cm³/mol. The summed E-state index contributed by atoms with van der Waals surface area (Å²) in [4.78, 5) is 0. The fourth-order valence-electron chi connectivity index (χ4n) is 1.85. The van der Waals surface area contributed by atoms with E-state index in [2.05, 4.69) is 12.0 Å². The highest BCUT2D eigenvalue weighted by Crippen LogP contribution is 2.21. The Balaban J connectivity index is 2.19. The fourth-order valence-corrected chi connectivity index (χ4v) is 1.99. The summed E-state index contributed by atoms with van der Waals surface area (Å²) in [7, 11) is 0. The molecule has 1 heterocycles. The second-order valence-corrected chi connectivity index (χ2v) is 5.03. The first-order chi connectivity index (χ1) is 8.49. The minimum absolute atomic E-state index is 0.418. The zero-order chi connectivity index (χ0) is 13.3. The van der Waals surface area contributed by atoms with Crippen molar-refractivity contribution >= 4 is 11.6 Å². The quantitative estimate of drug-likeness (QED) is 0.925. The van der Waals surface area contributed by atoms with Crippen LogP contribution in [-0.4, -0.2) is 14.9 Å². The number of aliphatic hydroxyl groups excluding tert-OH is 1. The van der Waals surface area contributed by atoms with Gasteiger partial charge in [-0.2, -0.15) is 5.10 Å². The van der Waals surface area contributed by atoms with E-state index in [1.165, 1.54) is 11.1 Å². The minimum Gasteiger partial charge on any atom is -0.386 e. The Kier molecular flexibility index (Phi) is 3.73. The Hall–Kier alpha value is -1.32. The van der Waals surface area contributed by atoms with Gasteiger partial charge in [-0.1, -0.05) is 29.8 Å². The molecule has 0 amide bonds. The third-order valence-electron chi connectivity index (χ3n) is 3.30. The van der Waals surface area contributed by atoms with E-state index >= 15 is 0 Å². The third-order valence-corrected chi connectivity index (χ3v) is 3.68. The van der Waals surface area contributed by atoms with Gasteiger partial charge in [0.15, 0.2) is 0 Å². The zero-order valence-corrected chi connectivity index (χ0v) is 11.6. The molecular formula is C14H17ClN2O. The number of rotatable bonds is 3. The van der Waals surface area contributed by atoms with E-state index in [0.717, 1.165) is 11.3 Å². The Morgan fingerprint density at radius 3 is 2.56 bits per heavy atom. The second kappa shape index (κ2) is 5.12. The molecule has 0 aliphatic carbocycles. The fraction of sp³-hybridized carbons (Fsp3) is 0.357. The maximum atomic E-state index is 10.2. The van der Waals surface area contributed by atoms with Gasteiger partial charge >= 0.3 is 0 Å². The maximum Gasteiger partial charge on any atom is 0.0986 e. The number of aromatic nitrogens is 2. The van der Waals surface area contributed by atoms with Crippen molar-refractivity contribution in [2.45, 2.75) is 33.4 Å². The molecule has 2 rings (SSSR count). The van der Waals surface area contributed by atoms with Gasteiger partial charge in [-0.05, 0) is 37.5 Å². The Morgan fingerprint density at radius 2 is 2.00 bits per heavy atom. The summed E-state index contributed by atoms with van der Waals surface area (Å²) in [5.74, 6) is 0. The SMILES string of the molecule is Cc1ccc(C(O)Cn2ncc(Cl)c2C)cc1C. The topological polar surface area (TPSA) is 38.0 Å². The van der Waals surface area contributed by atoms with Gasteiger partial charge < -0.3 is 5.11 Å². The number of benzene rings is 1. The molecule has 1 aromatic carbocycles. The maximum absolute atomic E-state index is 10.2. The molecule has 2 aromatic rings. The van der Waals surface area contributed by atoms with Crippen molar-refractivity contribution in [3.8, 4) is 0 Å². The monoisotopic (exact) mass is 264 g/mol. The first kappa shape index (κ1) is 13.1. The van der Waals surface area contributed by atoms with Crippen LogP contribution in [-0.2, 0) is 6.54 Å². The van der Waals surface area contributed by atoms with Crippen LogP contribution in [0.25, 0.3) is 0 Å². The molecule has 0 saturated heterocycles. The van der Waals surface area contributed by atoms with Gasteiger partial charge in [0.2, 0.25) is 0 Å². The molecule has 0 saturated carbocycles. The molecule has 3 nitrogen and oxygen atoms in total. The molecule has 0 spiro atoms. The average Bonchev–Trinajstić information content (AvgIpc) is 2.64. The normalized spacial score (nSPS) is 12.7. The van der Waals surface area contributed by atoms with Crippen LogP contribution in [0.15, 0.2) is 24.4 Å². The summed E-state index contributed by atoms with van der Waals surface area (Å²) in [5.41, 5.74) is 4.19. The van der Waals surface area contributed by atoms with Gasteiger partial charge in [0.25, 0.3) is 0 Å². The van der Waals surface area contributed by atoms with Gasteiger partial charge in [-0.3, -0.25) is 4.68 Å². The first-order valence-corrected chi connectivity index (χ1v) is 6.30. The highest BCUT2D eigenvalue weighted by Gasteiger charge is 2.12. The van der Waals surface area contributed by atoms with Gasteiger partial charge in [0.05, 0.1) is 29.6 Å². The highest BCUT2D eigenvalue weighted by atomic mass is 35.5. The Bertz CT molecular complexity index is 563. The van der Waals surface area contributed by atoms with Crippen molar-refractivity contribution in [3.63, 3.8) is 0 Å². The van der Waals surface area contributed by atoms with Crippen LogP contribution >= 0.6 is 11.6 Å². The molecule has 1 aromatic heterocycles. The summed E-state index contributed by atoms with van der Waals surface area (Å²) in [5, 5.41) is 15.0. The summed E-state index contributed by atoms with van der Waals surface area (Å²) in [6.07, 6.45) is 1.03. The van der Waals surface area contributed by atoms with Crippen LogP contribution in [0.1, 0.15) is 28.5 Å². The zero-order valence-electron chi connectivity index (χ0n) is 10.8. The van der Waals surface area contributed by atoms with E-state index in [-0.39, 0.29) is 0 Å². The average molecular weight is 265 g/mol. The van der Waals surface area contributed by atoms with E-state index in [1.54, 1.807) is 10.9 Å². The number of hydrogen-bond donors (Lipinski definition) is 1. The summed E-state index contributed by atoms with van der Waals surface area (Å²) in [6.45, 7) is 6.41. The molecule has 0 radical (unpaired) electrons. The summed E-state index contributed by atoms with van der Waals surface area (Å²) >= 11 is 5.94. The van der Waals surface area contributed by atoms with E-state index in [1.807, 2.05) is 32.0 Å². The van der Waals surface area contributed by atoms with Crippen molar-refractivity contribution in [1.29, 1.82) is 0 Å². The molecule has 1 unspecified atom stereocenters. The van der Waals surface area contributed by atoms with E-state index in [9.17, 15) is 5.11 Å². The standard InChI is InChI=1S/C14H17ClN2O/c1-9-4-5-12(6-10(9)2)14(18)8-17-11(3)13(15)7-16-17/h4-7,14,18H,8H2,1-3H3. The van der Waals surface area contributed by atoms with Gasteiger partial charge in [0, 0.05) is 0 Å². The molecule has 4 heteroatoms. The summed E-state index contributed by atoms with van der Waals surface area (Å²) in [6, 6.07) is 5.99. The van der Waals surface area contributed by atoms with Crippen LogP contribution in [0.4, 0.5) is 0 Å². The molecule has 18 heavy (non-hydrogen) atoms. The van der Waals surface area contributed by atoms with Gasteiger partial charge in [-0.25, -0.2) is 0 Å². The van der Waals surface area contributed by atoms with Crippen LogP contribution in [0, 0.1) is 20.8 Å². The molecule has 0 aliphatic rings. The molecule has 1 N–H and O–H groups in total. The lowest BCUT2D eigenvalue weighted by molar-refractivity contribution is 0.150. The number of hydrogen-bond acceptors (Lipinski definition) is 2. The Morgan fingerprint density at radius 1 is 1.28 bits per heavy atom. The molecule has 0 bridgehead atoms. The molecule has 0 aliphatic heterocycles. The molecule has 1 atom stereocenters. The second-order valence-electron chi connectivity index (χ2n) is 4.62. The third kappa shape index (κ3) is 2.57.